The number of ether oxygens (including phenoxy) is 1. The average molecular weight is 451 g/mol. The monoisotopic (exact) mass is 450 g/mol. The van der Waals surface area contributed by atoms with Crippen LogP contribution in [0, 0.1) is 0 Å². The first-order valence-electron chi connectivity index (χ1n) is 11.0. The maximum Gasteiger partial charge on any atom is 0.270 e. The molecule has 0 bridgehead atoms. The zero-order valence-electron chi connectivity index (χ0n) is 18.7. The Morgan fingerprint density at radius 2 is 1.94 bits per heavy atom. The van der Waals surface area contributed by atoms with Crippen LogP contribution in [0.3, 0.4) is 0 Å². The van der Waals surface area contributed by atoms with Crippen LogP contribution in [-0.4, -0.2) is 67.6 Å². The number of carbonyl (C=O) groups excluding carboxylic acids is 1. The molecule has 2 heterocycles. The van der Waals surface area contributed by atoms with E-state index in [0.29, 0.717) is 18.3 Å². The van der Waals surface area contributed by atoms with E-state index >= 15 is 0 Å². The van der Waals surface area contributed by atoms with Crippen molar-refractivity contribution in [1.82, 2.24) is 20.1 Å². The molecular formula is C25H30N4O2S. The number of para-hydroxylation sites is 1. The third-order valence-corrected chi connectivity index (χ3v) is 6.74. The highest BCUT2D eigenvalue weighted by atomic mass is 32.1. The van der Waals surface area contributed by atoms with Crippen LogP contribution in [0.4, 0.5) is 0 Å². The number of carbonyl (C=O) groups is 1. The minimum Gasteiger partial charge on any atom is -0.496 e. The number of thiazole rings is 1. The third-order valence-electron chi connectivity index (χ3n) is 5.86. The molecule has 1 aromatic heterocycles. The van der Waals surface area contributed by atoms with Crippen molar-refractivity contribution in [1.29, 1.82) is 0 Å². The second-order valence-electron chi connectivity index (χ2n) is 8.07. The Labute approximate surface area is 193 Å². The van der Waals surface area contributed by atoms with Gasteiger partial charge < -0.3 is 15.0 Å². The van der Waals surface area contributed by atoms with E-state index in [1.807, 2.05) is 29.6 Å². The molecule has 1 unspecified atom stereocenters. The molecule has 2 aromatic carbocycles. The number of hydrogen-bond donors (Lipinski definition) is 1. The van der Waals surface area contributed by atoms with Gasteiger partial charge in [-0.25, -0.2) is 4.98 Å². The summed E-state index contributed by atoms with van der Waals surface area (Å²) in [6.07, 6.45) is 0.905. The van der Waals surface area contributed by atoms with Crippen molar-refractivity contribution in [2.75, 3.05) is 46.9 Å². The molecule has 1 fully saturated rings. The number of rotatable bonds is 8. The van der Waals surface area contributed by atoms with Gasteiger partial charge in [-0.05, 0) is 31.2 Å². The molecule has 0 radical (unpaired) electrons. The van der Waals surface area contributed by atoms with E-state index in [1.165, 1.54) is 16.9 Å². The van der Waals surface area contributed by atoms with E-state index in [4.69, 9.17) is 4.74 Å². The van der Waals surface area contributed by atoms with Gasteiger partial charge in [-0.3, -0.25) is 9.69 Å². The Morgan fingerprint density at radius 1 is 1.16 bits per heavy atom. The van der Waals surface area contributed by atoms with Gasteiger partial charge >= 0.3 is 0 Å². The largest absolute Gasteiger partial charge is 0.496 e. The van der Waals surface area contributed by atoms with Crippen molar-refractivity contribution in [3.05, 3.63) is 71.2 Å². The number of aromatic nitrogens is 1. The summed E-state index contributed by atoms with van der Waals surface area (Å²) in [6, 6.07) is 18.8. The smallest absolute Gasteiger partial charge is 0.270 e. The highest BCUT2D eigenvalue weighted by Crippen LogP contribution is 2.31. The predicted molar refractivity (Wildman–Crippen MR) is 129 cm³/mol. The Morgan fingerprint density at radius 3 is 2.75 bits per heavy atom. The summed E-state index contributed by atoms with van der Waals surface area (Å²) in [7, 11) is 3.82. The Bertz CT molecular complexity index is 1020. The summed E-state index contributed by atoms with van der Waals surface area (Å²) in [5.74, 6) is 0.634. The van der Waals surface area contributed by atoms with Crippen LogP contribution in [0.5, 0.6) is 5.75 Å². The molecule has 3 aromatic rings. The topological polar surface area (TPSA) is 57.7 Å². The highest BCUT2D eigenvalue weighted by molar-refractivity contribution is 7.13. The van der Waals surface area contributed by atoms with Crippen LogP contribution in [0.25, 0.3) is 10.6 Å². The van der Waals surface area contributed by atoms with E-state index in [2.05, 4.69) is 57.5 Å². The Hall–Kier alpha value is -2.74. The molecule has 7 heteroatoms. The maximum atomic E-state index is 12.6. The van der Waals surface area contributed by atoms with Crippen molar-refractivity contribution >= 4 is 17.2 Å². The number of likely N-dealkylation sites (N-methyl/N-ethyl adjacent to an activating group) is 1. The normalized spacial score (nSPS) is 17.2. The molecule has 6 nitrogen and oxygen atoms in total. The maximum absolute atomic E-state index is 12.6. The molecule has 1 N–H and O–H groups in total. The number of nitrogens with one attached hydrogen (secondary N) is 1. The SMILES string of the molecule is COc1ccccc1-c1nc(C(=O)NCCCN2CCN(C)CC2c2ccccc2)cs1. The third kappa shape index (κ3) is 5.35. The first-order valence-corrected chi connectivity index (χ1v) is 11.9. The lowest BCUT2D eigenvalue weighted by atomic mass is 10.0. The van der Waals surface area contributed by atoms with Gasteiger partial charge in [0.1, 0.15) is 16.5 Å². The van der Waals surface area contributed by atoms with Gasteiger partial charge in [0.15, 0.2) is 0 Å². The molecule has 1 atom stereocenters. The molecule has 0 aliphatic carbocycles. The lowest BCUT2D eigenvalue weighted by Crippen LogP contribution is -2.47. The van der Waals surface area contributed by atoms with Crippen LogP contribution >= 0.6 is 11.3 Å². The van der Waals surface area contributed by atoms with Gasteiger partial charge in [-0.1, -0.05) is 42.5 Å². The number of hydrogen-bond acceptors (Lipinski definition) is 6. The number of nitrogens with zero attached hydrogens (tertiary/aromatic N) is 3. The molecule has 0 spiro atoms. The summed E-state index contributed by atoms with van der Waals surface area (Å²) >= 11 is 1.46. The Kier molecular flexibility index (Phi) is 7.52. The van der Waals surface area contributed by atoms with Gasteiger partial charge in [-0.15, -0.1) is 11.3 Å². The van der Waals surface area contributed by atoms with Crippen molar-refractivity contribution in [3.8, 4) is 16.3 Å². The van der Waals surface area contributed by atoms with Crippen molar-refractivity contribution < 1.29 is 9.53 Å². The lowest BCUT2D eigenvalue weighted by Gasteiger charge is -2.40. The molecule has 32 heavy (non-hydrogen) atoms. The van der Waals surface area contributed by atoms with Crippen LogP contribution in [0.15, 0.2) is 60.0 Å². The van der Waals surface area contributed by atoms with E-state index < -0.39 is 0 Å². The molecule has 1 saturated heterocycles. The first kappa shape index (κ1) is 22.5. The van der Waals surface area contributed by atoms with E-state index in [0.717, 1.165) is 48.9 Å². The van der Waals surface area contributed by atoms with Crippen molar-refractivity contribution in [2.24, 2.45) is 0 Å². The van der Waals surface area contributed by atoms with Crippen LogP contribution in [0.2, 0.25) is 0 Å². The second-order valence-corrected chi connectivity index (χ2v) is 8.93. The molecular weight excluding hydrogens is 420 g/mol. The fraction of sp³-hybridized carbons (Fsp3) is 0.360. The quantitative estimate of drug-likeness (QED) is 0.527. The van der Waals surface area contributed by atoms with Crippen LogP contribution in [-0.2, 0) is 0 Å². The summed E-state index contributed by atoms with van der Waals surface area (Å²) in [6.45, 7) is 4.73. The summed E-state index contributed by atoms with van der Waals surface area (Å²) < 4.78 is 5.41. The zero-order chi connectivity index (χ0) is 22.3. The van der Waals surface area contributed by atoms with E-state index in [9.17, 15) is 4.79 Å². The summed E-state index contributed by atoms with van der Waals surface area (Å²) in [5, 5.41) is 5.63. The fourth-order valence-corrected chi connectivity index (χ4v) is 4.94. The van der Waals surface area contributed by atoms with Gasteiger partial charge in [0.2, 0.25) is 0 Å². The molecule has 1 amide bonds. The predicted octanol–water partition coefficient (Wildman–Crippen LogP) is 3.93. The minimum absolute atomic E-state index is 0.125. The van der Waals surface area contributed by atoms with Crippen LogP contribution in [0.1, 0.15) is 28.5 Å². The number of amides is 1. The number of benzene rings is 2. The van der Waals surface area contributed by atoms with Crippen molar-refractivity contribution in [2.45, 2.75) is 12.5 Å². The number of methoxy groups -OCH3 is 1. The molecule has 4 rings (SSSR count). The van der Waals surface area contributed by atoms with Gasteiger partial charge in [0.25, 0.3) is 5.91 Å². The van der Waals surface area contributed by atoms with Gasteiger partial charge in [0.05, 0.1) is 12.7 Å². The zero-order valence-corrected chi connectivity index (χ0v) is 19.5. The van der Waals surface area contributed by atoms with E-state index in [1.54, 1.807) is 7.11 Å². The van der Waals surface area contributed by atoms with Gasteiger partial charge in [-0.2, -0.15) is 0 Å². The average Bonchev–Trinajstić information content (AvgIpc) is 3.33. The fourth-order valence-electron chi connectivity index (χ4n) is 4.11. The second kappa shape index (κ2) is 10.7. The molecule has 1 aliphatic rings. The standard InChI is InChI=1S/C25H30N4O2S/c1-28-15-16-29(22(17-28)19-9-4-3-5-10-19)14-8-13-26-24(30)21-18-32-25(27-21)20-11-6-7-12-23(20)31-2/h3-7,9-12,18,22H,8,13-17H2,1-2H3,(H,26,30). The molecule has 1 aliphatic heterocycles. The molecule has 0 saturated carbocycles. The van der Waals surface area contributed by atoms with E-state index in [-0.39, 0.29) is 5.91 Å². The number of piperazine rings is 1. The molecule has 168 valence electrons. The Balaban J connectivity index is 1.30. The summed E-state index contributed by atoms with van der Waals surface area (Å²) in [4.78, 5) is 22.1. The minimum atomic E-state index is -0.125. The summed E-state index contributed by atoms with van der Waals surface area (Å²) in [5.41, 5.74) is 2.72. The van der Waals surface area contributed by atoms with Crippen molar-refractivity contribution in [3.63, 3.8) is 0 Å². The lowest BCUT2D eigenvalue weighted by molar-refractivity contribution is 0.0864. The van der Waals surface area contributed by atoms with Crippen LogP contribution < -0.4 is 10.1 Å². The highest BCUT2D eigenvalue weighted by Gasteiger charge is 2.26. The van der Waals surface area contributed by atoms with Gasteiger partial charge in [0, 0.05) is 44.1 Å². The first-order chi connectivity index (χ1) is 15.7.